The maximum absolute atomic E-state index is 12.8. The Bertz CT molecular complexity index is 1280. The zero-order valence-electron chi connectivity index (χ0n) is 41.8. The second-order valence-corrected chi connectivity index (χ2v) is 17.0. The summed E-state index contributed by atoms with van der Waals surface area (Å²) >= 11 is 0. The topological polar surface area (TPSA) is 61.8 Å². The monoisotopic (exact) mass is 887 g/mol. The van der Waals surface area contributed by atoms with Crippen LogP contribution in [0.5, 0.6) is 0 Å². The smallest absolute Gasteiger partial charge is 0.306 e. The van der Waals surface area contributed by atoms with Crippen molar-refractivity contribution < 1.29 is 23.8 Å². The molecule has 0 aliphatic heterocycles. The molecular formula is C59H98O5. The van der Waals surface area contributed by atoms with E-state index in [1.807, 2.05) is 6.08 Å². The fourth-order valence-electron chi connectivity index (χ4n) is 6.96. The average molecular weight is 887 g/mol. The summed E-state index contributed by atoms with van der Waals surface area (Å²) in [7, 11) is 0. The van der Waals surface area contributed by atoms with Gasteiger partial charge in [0.25, 0.3) is 0 Å². The molecule has 0 aliphatic carbocycles. The Morgan fingerprint density at radius 1 is 0.359 bits per heavy atom. The Morgan fingerprint density at radius 2 is 0.734 bits per heavy atom. The van der Waals surface area contributed by atoms with Crippen molar-refractivity contribution in [2.45, 2.75) is 232 Å². The highest BCUT2D eigenvalue weighted by Gasteiger charge is 2.17. The molecule has 0 saturated heterocycles. The minimum absolute atomic E-state index is 0.0353. The van der Waals surface area contributed by atoms with Crippen molar-refractivity contribution in [2.75, 3.05) is 19.8 Å². The molecular weight excluding hydrogens is 789 g/mol. The molecule has 364 valence electrons. The number of carbonyl (C=O) groups is 2. The van der Waals surface area contributed by atoms with E-state index in [0.29, 0.717) is 19.4 Å². The van der Waals surface area contributed by atoms with Gasteiger partial charge in [0.1, 0.15) is 6.61 Å². The zero-order chi connectivity index (χ0) is 46.3. The lowest BCUT2D eigenvalue weighted by Crippen LogP contribution is -2.30. The third kappa shape index (κ3) is 51.2. The Balaban J connectivity index is 4.40. The molecule has 0 aromatic rings. The Hall–Kier alpha value is -3.44. The van der Waals surface area contributed by atoms with E-state index < -0.39 is 6.10 Å². The lowest BCUT2D eigenvalue weighted by molar-refractivity contribution is -0.162. The first-order valence-corrected chi connectivity index (χ1v) is 26.4. The molecule has 0 saturated carbocycles. The van der Waals surface area contributed by atoms with Crippen LogP contribution in [0.15, 0.2) is 109 Å². The normalized spacial score (nSPS) is 13.1. The summed E-state index contributed by atoms with van der Waals surface area (Å²) in [6, 6.07) is 0. The van der Waals surface area contributed by atoms with Gasteiger partial charge >= 0.3 is 11.9 Å². The first-order chi connectivity index (χ1) is 31.6. The molecule has 0 N–H and O–H groups in total. The fraction of sp³-hybridized carbons (Fsp3) is 0.661. The van der Waals surface area contributed by atoms with Gasteiger partial charge in [-0.2, -0.15) is 0 Å². The van der Waals surface area contributed by atoms with Gasteiger partial charge in [-0.1, -0.05) is 233 Å². The highest BCUT2D eigenvalue weighted by Crippen LogP contribution is 2.14. The molecule has 0 radical (unpaired) electrons. The lowest BCUT2D eigenvalue weighted by Gasteiger charge is -2.18. The van der Waals surface area contributed by atoms with Crippen LogP contribution in [0.1, 0.15) is 226 Å². The van der Waals surface area contributed by atoms with E-state index in [0.717, 1.165) is 96.3 Å². The Morgan fingerprint density at radius 3 is 1.17 bits per heavy atom. The highest BCUT2D eigenvalue weighted by molar-refractivity contribution is 5.70. The molecule has 5 heteroatoms. The Kier molecular flexibility index (Phi) is 51.0. The average Bonchev–Trinajstić information content (AvgIpc) is 3.30. The van der Waals surface area contributed by atoms with Crippen molar-refractivity contribution in [3.8, 4) is 0 Å². The number of rotatable bonds is 47. The van der Waals surface area contributed by atoms with Crippen LogP contribution in [0.3, 0.4) is 0 Å². The molecule has 0 aliphatic rings. The first kappa shape index (κ1) is 60.6. The van der Waals surface area contributed by atoms with Crippen LogP contribution in [0.25, 0.3) is 0 Å². The lowest BCUT2D eigenvalue weighted by atomic mass is 10.0. The van der Waals surface area contributed by atoms with Crippen molar-refractivity contribution in [3.05, 3.63) is 109 Å². The van der Waals surface area contributed by atoms with Gasteiger partial charge in [-0.3, -0.25) is 9.59 Å². The van der Waals surface area contributed by atoms with Gasteiger partial charge in [-0.15, -0.1) is 0 Å². The van der Waals surface area contributed by atoms with E-state index in [1.54, 1.807) is 0 Å². The van der Waals surface area contributed by atoms with Crippen LogP contribution in [-0.2, 0) is 23.8 Å². The van der Waals surface area contributed by atoms with Crippen LogP contribution in [0.4, 0.5) is 0 Å². The first-order valence-electron chi connectivity index (χ1n) is 26.4. The van der Waals surface area contributed by atoms with Gasteiger partial charge in [0.15, 0.2) is 6.10 Å². The molecule has 0 spiro atoms. The second kappa shape index (κ2) is 53.9. The molecule has 0 rings (SSSR count). The number of unbranched alkanes of at least 4 members (excludes halogenated alkanes) is 18. The van der Waals surface area contributed by atoms with Crippen LogP contribution in [0.2, 0.25) is 0 Å². The molecule has 0 fully saturated rings. The van der Waals surface area contributed by atoms with Crippen LogP contribution >= 0.6 is 0 Å². The quantitative estimate of drug-likeness (QED) is 0.0346. The van der Waals surface area contributed by atoms with E-state index >= 15 is 0 Å². The summed E-state index contributed by atoms with van der Waals surface area (Å²) in [4.78, 5) is 25.4. The molecule has 0 aromatic carbocycles. The predicted molar refractivity (Wildman–Crippen MR) is 279 cm³/mol. The van der Waals surface area contributed by atoms with Gasteiger partial charge in [0.2, 0.25) is 0 Å². The zero-order valence-corrected chi connectivity index (χ0v) is 41.8. The summed E-state index contributed by atoms with van der Waals surface area (Å²) in [6.07, 6.45) is 74.0. The molecule has 64 heavy (non-hydrogen) atoms. The number of ether oxygens (including phenoxy) is 3. The summed E-state index contributed by atoms with van der Waals surface area (Å²) in [5.41, 5.74) is 0. The second-order valence-electron chi connectivity index (χ2n) is 17.0. The van der Waals surface area contributed by atoms with Crippen LogP contribution in [0, 0.1) is 0 Å². The molecule has 1 atom stereocenters. The summed E-state index contributed by atoms with van der Waals surface area (Å²) in [6.45, 7) is 7.49. The van der Waals surface area contributed by atoms with E-state index in [2.05, 4.69) is 124 Å². The van der Waals surface area contributed by atoms with E-state index in [-0.39, 0.29) is 31.6 Å². The summed E-state index contributed by atoms with van der Waals surface area (Å²) in [5.74, 6) is -0.530. The van der Waals surface area contributed by atoms with Crippen molar-refractivity contribution >= 4 is 11.9 Å². The van der Waals surface area contributed by atoms with Crippen molar-refractivity contribution in [1.29, 1.82) is 0 Å². The van der Waals surface area contributed by atoms with Gasteiger partial charge in [0.05, 0.1) is 6.61 Å². The Labute approximate surface area is 395 Å². The molecule has 0 heterocycles. The van der Waals surface area contributed by atoms with Crippen molar-refractivity contribution in [3.63, 3.8) is 0 Å². The van der Waals surface area contributed by atoms with Crippen molar-refractivity contribution in [2.24, 2.45) is 0 Å². The third-order valence-corrected chi connectivity index (χ3v) is 10.8. The minimum Gasteiger partial charge on any atom is -0.462 e. The van der Waals surface area contributed by atoms with E-state index in [9.17, 15) is 9.59 Å². The maximum atomic E-state index is 12.8. The number of hydrogen-bond acceptors (Lipinski definition) is 5. The molecule has 0 aromatic heterocycles. The number of carbonyl (C=O) groups excluding carboxylic acids is 2. The van der Waals surface area contributed by atoms with Gasteiger partial charge in [0, 0.05) is 19.4 Å². The minimum atomic E-state index is -0.592. The van der Waals surface area contributed by atoms with Crippen molar-refractivity contribution in [1.82, 2.24) is 0 Å². The number of esters is 2. The summed E-state index contributed by atoms with van der Waals surface area (Å²) in [5, 5.41) is 0. The molecule has 1 unspecified atom stereocenters. The molecule has 0 bridgehead atoms. The van der Waals surface area contributed by atoms with Gasteiger partial charge in [-0.25, -0.2) is 0 Å². The van der Waals surface area contributed by atoms with Crippen LogP contribution < -0.4 is 0 Å². The number of hydrogen-bond donors (Lipinski definition) is 0. The largest absolute Gasteiger partial charge is 0.462 e. The third-order valence-electron chi connectivity index (χ3n) is 10.8. The highest BCUT2D eigenvalue weighted by atomic mass is 16.6. The van der Waals surface area contributed by atoms with Gasteiger partial charge in [-0.05, 0) is 89.9 Å². The molecule has 5 nitrogen and oxygen atoms in total. The SMILES string of the molecule is CC/C=C\C/C=C\C/C=C\C/C=C\C/C=C\CCCCCC(=O)OCC(COCCCCCCCCCCCCCCCCCC)OC(=O)CC/C=C\C/C=C\C/C=C\C/C=C\CC. The standard InChI is InChI=1S/C59H98O5/c1-4-7-10-13-16-19-22-25-27-29-30-31-32-35-37-40-43-46-49-52-58(60)63-56-57(64-59(61)53-50-47-44-41-38-34-24-21-18-15-12-9-6-3)55-62-54-51-48-45-42-39-36-33-28-26-23-20-17-14-11-8-5-2/h7,9-10,12,16,18-19,21,25,27,30-31,34-35,37-38,44,47,57H,4-6,8,11,13-15,17,20,22-24,26,28-29,32-33,36,39-43,45-46,48-56H2,1-3H3/b10-7-,12-9-,19-16-,21-18-,27-25-,31-30-,37-35-,38-34-,47-44-. The molecule has 0 amide bonds. The number of allylic oxidation sites excluding steroid dienone is 18. The van der Waals surface area contributed by atoms with Crippen LogP contribution in [-0.4, -0.2) is 37.9 Å². The van der Waals surface area contributed by atoms with E-state index in [4.69, 9.17) is 14.2 Å². The predicted octanol–water partition coefficient (Wildman–Crippen LogP) is 18.0. The fourth-order valence-corrected chi connectivity index (χ4v) is 6.96. The summed E-state index contributed by atoms with van der Waals surface area (Å²) < 4.78 is 17.3. The van der Waals surface area contributed by atoms with Gasteiger partial charge < -0.3 is 14.2 Å². The maximum Gasteiger partial charge on any atom is 0.306 e. The van der Waals surface area contributed by atoms with E-state index in [1.165, 1.54) is 89.9 Å².